The molecule has 0 aromatic carbocycles. The van der Waals surface area contributed by atoms with Gasteiger partial charge in [0.1, 0.15) is 11.0 Å². The van der Waals surface area contributed by atoms with Crippen molar-refractivity contribution in [1.82, 2.24) is 24.9 Å². The molecule has 0 aliphatic heterocycles. The van der Waals surface area contributed by atoms with Crippen molar-refractivity contribution in [2.75, 3.05) is 7.11 Å². The topological polar surface area (TPSA) is 99.1 Å². The summed E-state index contributed by atoms with van der Waals surface area (Å²) < 4.78 is 15.0. The van der Waals surface area contributed by atoms with Crippen molar-refractivity contribution < 1.29 is 14.3 Å². The van der Waals surface area contributed by atoms with Crippen LogP contribution in [-0.4, -0.2) is 44.7 Å². The number of rotatable bonds is 7. The van der Waals surface area contributed by atoms with E-state index in [4.69, 9.17) is 9.47 Å². The van der Waals surface area contributed by atoms with Gasteiger partial charge >= 0.3 is 0 Å². The average molecular weight is 377 g/mol. The fraction of sp³-hybridized carbons (Fsp3) is 0.588. The molecule has 2 heterocycles. The van der Waals surface area contributed by atoms with Crippen LogP contribution in [0.1, 0.15) is 54.4 Å². The molecule has 0 bridgehead atoms. The lowest BCUT2D eigenvalue weighted by molar-refractivity contribution is 0.0889. The third-order valence-corrected chi connectivity index (χ3v) is 5.13. The molecular weight excluding hydrogens is 354 g/mol. The lowest BCUT2D eigenvalue weighted by Crippen LogP contribution is -2.39. The second kappa shape index (κ2) is 8.88. The number of methoxy groups -OCH3 is 1. The minimum absolute atomic E-state index is 0.0504. The third-order valence-electron chi connectivity index (χ3n) is 4.36. The van der Waals surface area contributed by atoms with E-state index >= 15 is 0 Å². The molecule has 1 saturated carbocycles. The molecule has 1 N–H and O–H groups in total. The van der Waals surface area contributed by atoms with Crippen LogP contribution >= 0.6 is 11.5 Å². The number of amides is 1. The highest BCUT2D eigenvalue weighted by molar-refractivity contribution is 7.08. The molecule has 140 valence electrons. The van der Waals surface area contributed by atoms with E-state index in [0.29, 0.717) is 16.6 Å². The molecule has 0 spiro atoms. The van der Waals surface area contributed by atoms with Crippen molar-refractivity contribution in [3.05, 3.63) is 23.0 Å². The van der Waals surface area contributed by atoms with Crippen molar-refractivity contribution in [3.63, 3.8) is 0 Å². The summed E-state index contributed by atoms with van der Waals surface area (Å²) in [7, 11) is 1.55. The largest absolute Gasteiger partial charge is 0.477 e. The van der Waals surface area contributed by atoms with Crippen LogP contribution in [0.2, 0.25) is 0 Å². The van der Waals surface area contributed by atoms with Crippen molar-refractivity contribution >= 4 is 17.4 Å². The van der Waals surface area contributed by atoms with Crippen LogP contribution in [-0.2, 0) is 6.42 Å². The smallest absolute Gasteiger partial charge is 0.278 e. The SMILES string of the molecule is CCCc1nnsc1C(=O)NC1CCC(Oc2nccnc2OC)CC1. The summed E-state index contributed by atoms with van der Waals surface area (Å²) in [5.41, 5.74) is 0.793. The fourth-order valence-electron chi connectivity index (χ4n) is 3.05. The van der Waals surface area contributed by atoms with Crippen LogP contribution in [0.25, 0.3) is 0 Å². The summed E-state index contributed by atoms with van der Waals surface area (Å²) in [6.45, 7) is 2.06. The van der Waals surface area contributed by atoms with Crippen LogP contribution in [0.5, 0.6) is 11.8 Å². The Bertz CT molecular complexity index is 731. The molecule has 26 heavy (non-hydrogen) atoms. The first-order valence-electron chi connectivity index (χ1n) is 8.85. The predicted molar refractivity (Wildman–Crippen MR) is 96.6 cm³/mol. The maximum absolute atomic E-state index is 12.5. The van der Waals surface area contributed by atoms with Gasteiger partial charge in [-0.05, 0) is 43.6 Å². The molecule has 0 unspecified atom stereocenters. The van der Waals surface area contributed by atoms with E-state index in [2.05, 4.69) is 31.8 Å². The molecule has 1 aliphatic rings. The van der Waals surface area contributed by atoms with E-state index in [-0.39, 0.29) is 18.1 Å². The summed E-state index contributed by atoms with van der Waals surface area (Å²) in [6.07, 6.45) is 8.32. The summed E-state index contributed by atoms with van der Waals surface area (Å²) in [6, 6.07) is 0.141. The summed E-state index contributed by atoms with van der Waals surface area (Å²) in [5, 5.41) is 7.17. The van der Waals surface area contributed by atoms with E-state index in [1.54, 1.807) is 19.5 Å². The number of carbonyl (C=O) groups is 1. The highest BCUT2D eigenvalue weighted by atomic mass is 32.1. The van der Waals surface area contributed by atoms with E-state index in [1.807, 2.05) is 0 Å². The Labute approximate surface area is 156 Å². The Balaban J connectivity index is 1.50. The van der Waals surface area contributed by atoms with Gasteiger partial charge in [-0.25, -0.2) is 9.97 Å². The van der Waals surface area contributed by atoms with Crippen molar-refractivity contribution in [2.24, 2.45) is 0 Å². The summed E-state index contributed by atoms with van der Waals surface area (Å²) in [4.78, 5) is 21.4. The number of aromatic nitrogens is 4. The first-order valence-corrected chi connectivity index (χ1v) is 9.62. The van der Waals surface area contributed by atoms with Crippen molar-refractivity contribution in [2.45, 2.75) is 57.6 Å². The van der Waals surface area contributed by atoms with Crippen molar-refractivity contribution in [1.29, 1.82) is 0 Å². The highest BCUT2D eigenvalue weighted by Crippen LogP contribution is 2.27. The van der Waals surface area contributed by atoms with E-state index in [0.717, 1.165) is 44.2 Å². The van der Waals surface area contributed by atoms with Crippen LogP contribution < -0.4 is 14.8 Å². The van der Waals surface area contributed by atoms with Gasteiger partial charge in [0.2, 0.25) is 0 Å². The number of hydrogen-bond acceptors (Lipinski definition) is 8. The molecule has 2 aromatic rings. The number of nitrogens with zero attached hydrogens (tertiary/aromatic N) is 4. The predicted octanol–water partition coefficient (Wildman–Crippen LogP) is 2.41. The lowest BCUT2D eigenvalue weighted by Gasteiger charge is -2.29. The average Bonchev–Trinajstić information content (AvgIpc) is 3.12. The van der Waals surface area contributed by atoms with Gasteiger partial charge in [0.25, 0.3) is 17.7 Å². The monoisotopic (exact) mass is 377 g/mol. The van der Waals surface area contributed by atoms with Crippen LogP contribution in [0, 0.1) is 0 Å². The fourth-order valence-corrected chi connectivity index (χ4v) is 3.66. The quantitative estimate of drug-likeness (QED) is 0.791. The van der Waals surface area contributed by atoms with Gasteiger partial charge in [-0.1, -0.05) is 17.8 Å². The Hall–Kier alpha value is -2.29. The molecule has 1 aliphatic carbocycles. The second-order valence-corrected chi connectivity index (χ2v) is 6.99. The molecule has 3 rings (SSSR count). The van der Waals surface area contributed by atoms with Crippen LogP contribution in [0.3, 0.4) is 0 Å². The molecular formula is C17H23N5O3S. The van der Waals surface area contributed by atoms with Gasteiger partial charge in [0.15, 0.2) is 0 Å². The lowest BCUT2D eigenvalue weighted by atomic mass is 9.93. The van der Waals surface area contributed by atoms with Crippen LogP contribution in [0.15, 0.2) is 12.4 Å². The highest BCUT2D eigenvalue weighted by Gasteiger charge is 2.26. The maximum atomic E-state index is 12.5. The maximum Gasteiger partial charge on any atom is 0.278 e. The van der Waals surface area contributed by atoms with E-state index in [1.165, 1.54) is 11.5 Å². The molecule has 0 saturated heterocycles. The number of nitrogens with one attached hydrogen (secondary N) is 1. The molecule has 2 aromatic heterocycles. The molecule has 0 radical (unpaired) electrons. The first kappa shape index (κ1) is 18.5. The van der Waals surface area contributed by atoms with Gasteiger partial charge in [-0.3, -0.25) is 4.79 Å². The first-order chi connectivity index (χ1) is 12.7. The minimum atomic E-state index is -0.0663. The third kappa shape index (κ3) is 4.46. The van der Waals surface area contributed by atoms with Crippen molar-refractivity contribution in [3.8, 4) is 11.8 Å². The Morgan fingerprint density at radius 3 is 2.65 bits per heavy atom. The van der Waals surface area contributed by atoms with Gasteiger partial charge in [-0.2, -0.15) is 0 Å². The number of aryl methyl sites for hydroxylation is 1. The van der Waals surface area contributed by atoms with E-state index in [9.17, 15) is 4.79 Å². The Morgan fingerprint density at radius 2 is 1.96 bits per heavy atom. The van der Waals surface area contributed by atoms with E-state index < -0.39 is 0 Å². The van der Waals surface area contributed by atoms with Crippen LogP contribution in [0.4, 0.5) is 0 Å². The normalized spacial score (nSPS) is 19.8. The van der Waals surface area contributed by atoms with Gasteiger partial charge < -0.3 is 14.8 Å². The number of hydrogen-bond donors (Lipinski definition) is 1. The molecule has 9 heteroatoms. The second-order valence-electron chi connectivity index (χ2n) is 6.23. The molecule has 1 fully saturated rings. The Morgan fingerprint density at radius 1 is 1.23 bits per heavy atom. The summed E-state index contributed by atoms with van der Waals surface area (Å²) >= 11 is 1.17. The molecule has 8 nitrogen and oxygen atoms in total. The summed E-state index contributed by atoms with van der Waals surface area (Å²) in [5.74, 6) is 0.745. The van der Waals surface area contributed by atoms with Gasteiger partial charge in [0.05, 0.1) is 12.8 Å². The minimum Gasteiger partial charge on any atom is -0.477 e. The number of ether oxygens (including phenoxy) is 2. The zero-order chi connectivity index (χ0) is 18.4. The standard InChI is InChI=1S/C17H23N5O3S/c1-3-4-13-14(26-22-21-13)15(23)20-11-5-7-12(8-6-11)25-17-16(24-2)18-9-10-19-17/h9-12H,3-8H2,1-2H3,(H,20,23). The number of carbonyl (C=O) groups excluding carboxylic acids is 1. The van der Waals surface area contributed by atoms with Gasteiger partial charge in [0, 0.05) is 18.4 Å². The molecule has 1 amide bonds. The molecule has 0 atom stereocenters. The zero-order valence-electron chi connectivity index (χ0n) is 15.0. The zero-order valence-corrected chi connectivity index (χ0v) is 15.8. The van der Waals surface area contributed by atoms with Gasteiger partial charge in [-0.15, -0.1) is 5.10 Å². The Kier molecular flexibility index (Phi) is 6.32.